The molecule has 0 amide bonds. The van der Waals surface area contributed by atoms with Gasteiger partial charge in [-0.1, -0.05) is 32.4 Å². The van der Waals surface area contributed by atoms with E-state index in [1.54, 1.807) is 19.9 Å². The molecule has 0 bridgehead atoms. The Kier molecular flexibility index (Phi) is 12.4. The number of anilines is 1. The highest BCUT2D eigenvalue weighted by molar-refractivity contribution is 7.47. The summed E-state index contributed by atoms with van der Waals surface area (Å²) in [5.41, 5.74) is -1.32. The number of ketones is 1. The Morgan fingerprint density at radius 2 is 1.83 bits per heavy atom. The number of hydrogen-bond donors (Lipinski definition) is 8. The lowest BCUT2D eigenvalue weighted by atomic mass is 9.46. The second kappa shape index (κ2) is 16.5. The number of nitrogens with one attached hydrogen (secondary N) is 1. The predicted molar refractivity (Wildman–Crippen MR) is 219 cm³/mol. The van der Waals surface area contributed by atoms with Gasteiger partial charge in [0.1, 0.15) is 24.6 Å². The van der Waals surface area contributed by atoms with Crippen LogP contribution in [0, 0.1) is 34.5 Å². The Labute approximate surface area is 350 Å². The molecule has 1 saturated heterocycles. The van der Waals surface area contributed by atoms with E-state index in [9.17, 15) is 44.9 Å². The highest BCUT2D eigenvalue weighted by Crippen LogP contribution is 2.68. The number of allylic oxidation sites excluding steroid dienone is 2. The first-order chi connectivity index (χ1) is 28.0. The SMILES string of the molecule is CC(C)=CCNc1ncnc2c1ncn2[C@@H]1O[C@H](COP(=O)(O)O[C@H](CCC(C)(C)O)[C@@H](C)[C@H]2CC[C@@]3(O)C4=CC(=O)C5C[C@@H](O)[C@@H](O)C[C@]5(C)C4CC[C@]23C)[C@@H](O)[C@H]1O. The molecule has 334 valence electrons. The van der Waals surface area contributed by atoms with Crippen molar-refractivity contribution < 1.29 is 58.7 Å². The van der Waals surface area contributed by atoms with Gasteiger partial charge in [0.05, 0.1) is 42.4 Å². The van der Waals surface area contributed by atoms with E-state index in [0.717, 1.165) is 5.57 Å². The van der Waals surface area contributed by atoms with Crippen LogP contribution in [0.4, 0.5) is 5.82 Å². The fraction of sp³-hybridized carbons (Fsp3) is 0.762. The van der Waals surface area contributed by atoms with Crippen LogP contribution in [-0.2, 0) is 23.1 Å². The molecular weight excluding hydrogens is 797 g/mol. The van der Waals surface area contributed by atoms with Crippen LogP contribution in [0.5, 0.6) is 0 Å². The molecule has 7 rings (SSSR count). The molecule has 2 aromatic rings. The summed E-state index contributed by atoms with van der Waals surface area (Å²) in [6.45, 7) is 13.0. The first kappa shape index (κ1) is 45.4. The number of carbonyl (C=O) groups excluding carboxylic acids is 1. The summed E-state index contributed by atoms with van der Waals surface area (Å²) in [7, 11) is -4.88. The lowest BCUT2D eigenvalue weighted by Gasteiger charge is -2.60. The molecule has 1 aliphatic heterocycles. The van der Waals surface area contributed by atoms with Gasteiger partial charge in [-0.3, -0.25) is 18.4 Å². The topological polar surface area (TPSA) is 259 Å². The Bertz CT molecular complexity index is 2040. The minimum atomic E-state index is -4.88. The molecule has 15 atom stereocenters. The van der Waals surface area contributed by atoms with Crippen LogP contribution in [-0.4, -0.2) is 122 Å². The molecule has 8 N–H and O–H groups in total. The van der Waals surface area contributed by atoms with Crippen LogP contribution in [0.3, 0.4) is 0 Å². The number of aliphatic hydroxyl groups is 6. The minimum Gasteiger partial charge on any atom is -0.390 e. The minimum absolute atomic E-state index is 0.145. The van der Waals surface area contributed by atoms with Gasteiger partial charge in [0.2, 0.25) is 0 Å². The van der Waals surface area contributed by atoms with E-state index in [2.05, 4.69) is 20.3 Å². The van der Waals surface area contributed by atoms with E-state index >= 15 is 0 Å². The first-order valence-electron chi connectivity index (χ1n) is 21.3. The monoisotopic (exact) mass is 861 g/mol. The average Bonchev–Trinajstić information content (AvgIpc) is 3.81. The number of ether oxygens (including phenoxy) is 1. The smallest absolute Gasteiger partial charge is 0.390 e. The number of hydrogen-bond acceptors (Lipinski definition) is 15. The van der Waals surface area contributed by atoms with Crippen molar-refractivity contribution in [1.29, 1.82) is 0 Å². The molecule has 18 heteroatoms. The van der Waals surface area contributed by atoms with Gasteiger partial charge in [-0.25, -0.2) is 19.5 Å². The van der Waals surface area contributed by atoms with Crippen LogP contribution in [0.15, 0.2) is 36.0 Å². The summed E-state index contributed by atoms with van der Waals surface area (Å²) in [4.78, 5) is 37.9. The summed E-state index contributed by atoms with van der Waals surface area (Å²) in [6, 6.07) is 0. The number of nitrogens with zero attached hydrogens (tertiary/aromatic N) is 4. The molecule has 60 heavy (non-hydrogen) atoms. The number of fused-ring (bicyclic) bond motifs is 6. The molecule has 2 aromatic heterocycles. The fourth-order valence-electron chi connectivity index (χ4n) is 11.4. The van der Waals surface area contributed by atoms with Crippen LogP contribution in [0.25, 0.3) is 11.2 Å². The molecule has 4 fully saturated rings. The maximum atomic E-state index is 13.8. The van der Waals surface area contributed by atoms with E-state index in [1.165, 1.54) is 17.2 Å². The third-order valence-electron chi connectivity index (χ3n) is 14.9. The quantitative estimate of drug-likeness (QED) is 0.0995. The summed E-state index contributed by atoms with van der Waals surface area (Å²) >= 11 is 0. The Morgan fingerprint density at radius 1 is 1.10 bits per heavy atom. The molecule has 3 unspecified atom stereocenters. The maximum absolute atomic E-state index is 13.8. The van der Waals surface area contributed by atoms with Crippen molar-refractivity contribution in [2.75, 3.05) is 18.5 Å². The standard InChI is InChI=1S/C42H64N5O12P/c1-22(2)11-15-43-36-33-37(45-20-44-36)47(21-46-33)38-35(52)34(51)32(58-38)19-57-60(55,56)59-31(10-12-39(4,5)53)23(3)24-9-14-42(54)26-16-28(48)27-17-29(49)30(50)18-40(27,6)25(26)8-13-41(24,42)7/h11,16,20-21,23-25,27,29-32,34-35,38,49-54H,8-10,12-15,17-19H2,1-7H3,(H,55,56)(H,43,44,45)/t23-,24+,25?,27?,29+,30-,31+,32+,34+,35+,38+,40+,41+,42+/m0/s1. The molecular formula is C42H64N5O12P. The van der Waals surface area contributed by atoms with E-state index < -0.39 is 91.1 Å². The lowest BCUT2D eigenvalue weighted by molar-refractivity contribution is -0.154. The Hall–Kier alpha value is -2.67. The number of imidazole rings is 1. The van der Waals surface area contributed by atoms with Gasteiger partial charge in [-0.05, 0) is 114 Å². The number of phosphoric ester groups is 1. The van der Waals surface area contributed by atoms with Gasteiger partial charge in [0.25, 0.3) is 0 Å². The van der Waals surface area contributed by atoms with E-state index in [1.807, 2.05) is 40.7 Å². The lowest BCUT2D eigenvalue weighted by Crippen LogP contribution is -2.61. The zero-order valence-electron chi connectivity index (χ0n) is 35.6. The first-order valence-corrected chi connectivity index (χ1v) is 22.8. The van der Waals surface area contributed by atoms with Crippen molar-refractivity contribution in [2.24, 2.45) is 34.5 Å². The third-order valence-corrected chi connectivity index (χ3v) is 15.9. The van der Waals surface area contributed by atoms with Gasteiger partial charge in [0, 0.05) is 17.9 Å². The third kappa shape index (κ3) is 8.18. The van der Waals surface area contributed by atoms with E-state index in [0.29, 0.717) is 54.8 Å². The number of carbonyl (C=O) groups is 1. The van der Waals surface area contributed by atoms with Crippen molar-refractivity contribution in [1.82, 2.24) is 19.5 Å². The molecule has 0 spiro atoms. The Balaban J connectivity index is 1.06. The molecule has 0 radical (unpaired) electrons. The molecule has 4 aliphatic carbocycles. The molecule has 5 aliphatic rings. The van der Waals surface area contributed by atoms with E-state index in [4.69, 9.17) is 13.8 Å². The fourth-order valence-corrected chi connectivity index (χ4v) is 12.4. The van der Waals surface area contributed by atoms with Crippen molar-refractivity contribution in [3.8, 4) is 0 Å². The van der Waals surface area contributed by atoms with Crippen LogP contribution >= 0.6 is 7.82 Å². The van der Waals surface area contributed by atoms with Gasteiger partial charge < -0.3 is 45.6 Å². The van der Waals surface area contributed by atoms with Crippen LogP contribution in [0.2, 0.25) is 0 Å². The second-order valence-electron chi connectivity index (χ2n) is 19.5. The molecule has 3 heterocycles. The predicted octanol–water partition coefficient (Wildman–Crippen LogP) is 3.72. The van der Waals surface area contributed by atoms with Gasteiger partial charge in [-0.2, -0.15) is 0 Å². The van der Waals surface area contributed by atoms with Crippen LogP contribution < -0.4 is 5.32 Å². The van der Waals surface area contributed by atoms with Crippen LogP contribution in [0.1, 0.15) is 106 Å². The Morgan fingerprint density at radius 3 is 2.53 bits per heavy atom. The van der Waals surface area contributed by atoms with E-state index in [-0.39, 0.29) is 43.3 Å². The second-order valence-corrected chi connectivity index (χ2v) is 20.9. The maximum Gasteiger partial charge on any atom is 0.472 e. The number of phosphoric acid groups is 1. The zero-order valence-corrected chi connectivity index (χ0v) is 36.5. The normalized spacial score (nSPS) is 38.7. The number of rotatable bonds is 14. The zero-order chi connectivity index (χ0) is 43.7. The molecule has 17 nitrogen and oxygen atoms in total. The molecule has 0 aromatic carbocycles. The number of aliphatic hydroxyl groups excluding tert-OH is 4. The highest BCUT2D eigenvalue weighted by Gasteiger charge is 2.67. The summed E-state index contributed by atoms with van der Waals surface area (Å²) in [5, 5.41) is 69.9. The molecule has 3 saturated carbocycles. The number of aromatic nitrogens is 4. The summed E-state index contributed by atoms with van der Waals surface area (Å²) in [6.07, 6.45) is 1.06. The van der Waals surface area contributed by atoms with Crippen molar-refractivity contribution in [3.63, 3.8) is 0 Å². The average molecular weight is 862 g/mol. The van der Waals surface area contributed by atoms with Gasteiger partial charge in [0.15, 0.2) is 29.0 Å². The highest BCUT2D eigenvalue weighted by atomic mass is 31.2. The van der Waals surface area contributed by atoms with Gasteiger partial charge in [-0.15, -0.1) is 0 Å². The summed E-state index contributed by atoms with van der Waals surface area (Å²) in [5.74, 6) is -0.960. The van der Waals surface area contributed by atoms with Crippen molar-refractivity contribution in [2.45, 2.75) is 154 Å². The largest absolute Gasteiger partial charge is 0.472 e. The van der Waals surface area contributed by atoms with Crippen molar-refractivity contribution in [3.05, 3.63) is 36.0 Å². The van der Waals surface area contributed by atoms with Gasteiger partial charge >= 0.3 is 7.82 Å². The summed E-state index contributed by atoms with van der Waals surface area (Å²) < 4.78 is 32.7. The van der Waals surface area contributed by atoms with Crippen molar-refractivity contribution >= 4 is 30.6 Å².